The number of hydrogen-bond donors (Lipinski definition) is 0. The summed E-state index contributed by atoms with van der Waals surface area (Å²) in [5, 5.41) is 8.79. The summed E-state index contributed by atoms with van der Waals surface area (Å²) in [6.07, 6.45) is 2.81. The third kappa shape index (κ3) is 2.57. The molecular weight excluding hydrogens is 289 g/mol. The van der Waals surface area contributed by atoms with Crippen molar-refractivity contribution in [3.8, 4) is 17.7 Å². The number of halogens is 2. The minimum absolute atomic E-state index is 0.0768. The van der Waals surface area contributed by atoms with Crippen LogP contribution in [0.2, 0.25) is 0 Å². The number of hydrogen-bond acceptors (Lipinski definition) is 4. The van der Waals surface area contributed by atoms with Gasteiger partial charge in [-0.3, -0.25) is 0 Å². The van der Waals surface area contributed by atoms with Crippen molar-refractivity contribution in [1.82, 2.24) is 9.97 Å². The molecule has 0 amide bonds. The van der Waals surface area contributed by atoms with Gasteiger partial charge in [0.15, 0.2) is 0 Å². The van der Waals surface area contributed by atoms with Crippen LogP contribution in [0.25, 0.3) is 0 Å². The number of nitriles is 1. The largest absolute Gasteiger partial charge is 0.436 e. The van der Waals surface area contributed by atoms with Gasteiger partial charge in [0.1, 0.15) is 17.6 Å². The topological polar surface area (TPSA) is 58.8 Å². The zero-order chi connectivity index (χ0) is 12.3. The molecule has 0 N–H and O–H groups in total. The molecule has 0 bridgehead atoms. The lowest BCUT2D eigenvalue weighted by molar-refractivity contribution is 0.456. The highest BCUT2D eigenvalue weighted by Gasteiger charge is 2.08. The van der Waals surface area contributed by atoms with E-state index in [0.717, 1.165) is 0 Å². The Hall–Kier alpha value is -2.00. The highest BCUT2D eigenvalue weighted by Crippen LogP contribution is 2.26. The third-order valence-electron chi connectivity index (χ3n) is 1.88. The quantitative estimate of drug-likeness (QED) is 0.854. The lowest BCUT2D eigenvalue weighted by Crippen LogP contribution is -1.94. The average Bonchev–Trinajstić information content (AvgIpc) is 2.34. The van der Waals surface area contributed by atoms with Crippen molar-refractivity contribution in [2.24, 2.45) is 0 Å². The molecule has 1 aromatic carbocycles. The molecule has 0 aliphatic carbocycles. The Kier molecular flexibility index (Phi) is 3.30. The molecule has 0 radical (unpaired) electrons. The van der Waals surface area contributed by atoms with Gasteiger partial charge in [-0.1, -0.05) is 0 Å². The molecule has 1 aromatic heterocycles. The Morgan fingerprint density at radius 1 is 1.29 bits per heavy atom. The molecule has 0 atom stereocenters. The summed E-state index contributed by atoms with van der Waals surface area (Å²) >= 11 is 3.04. The maximum Gasteiger partial charge on any atom is 0.256 e. The van der Waals surface area contributed by atoms with Gasteiger partial charge in [-0.15, -0.1) is 0 Å². The predicted octanol–water partition coefficient (Wildman–Crippen LogP) is 3.04. The number of ether oxygens (including phenoxy) is 1. The Morgan fingerprint density at radius 3 is 2.76 bits per heavy atom. The maximum absolute atomic E-state index is 13.0. The van der Waals surface area contributed by atoms with Gasteiger partial charge in [0.2, 0.25) is 5.69 Å². The zero-order valence-electron chi connectivity index (χ0n) is 8.39. The van der Waals surface area contributed by atoms with E-state index in [1.165, 1.54) is 30.6 Å². The van der Waals surface area contributed by atoms with Crippen LogP contribution in [0.4, 0.5) is 4.39 Å². The summed E-state index contributed by atoms with van der Waals surface area (Å²) < 4.78 is 18.6. The van der Waals surface area contributed by atoms with Crippen LogP contribution in [0.15, 0.2) is 35.1 Å². The average molecular weight is 294 g/mol. The van der Waals surface area contributed by atoms with Crippen molar-refractivity contribution in [3.05, 3.63) is 46.6 Å². The van der Waals surface area contributed by atoms with Crippen molar-refractivity contribution in [2.75, 3.05) is 0 Å². The van der Waals surface area contributed by atoms with E-state index in [2.05, 4.69) is 25.9 Å². The Balaban J connectivity index is 2.32. The summed E-state index contributed by atoms with van der Waals surface area (Å²) in [6, 6.07) is 6.00. The molecule has 0 saturated heterocycles. The van der Waals surface area contributed by atoms with E-state index < -0.39 is 5.82 Å². The second-order valence-electron chi connectivity index (χ2n) is 3.00. The fourth-order valence-corrected chi connectivity index (χ4v) is 1.49. The molecule has 0 fully saturated rings. The maximum atomic E-state index is 13.0. The molecule has 0 aliphatic heterocycles. The minimum Gasteiger partial charge on any atom is -0.436 e. The number of aromatic nitrogens is 2. The standard InChI is InChI=1S/C11H5BrFN3O/c12-8-5-7(1-2-9(8)13)17-11-10(6-14)15-3-4-16-11/h1-5H. The Labute approximate surface area is 105 Å². The molecule has 4 nitrogen and oxygen atoms in total. The van der Waals surface area contributed by atoms with Crippen LogP contribution in [-0.2, 0) is 0 Å². The van der Waals surface area contributed by atoms with Crippen LogP contribution in [0.1, 0.15) is 5.69 Å². The van der Waals surface area contributed by atoms with Crippen molar-refractivity contribution in [1.29, 1.82) is 5.26 Å². The molecule has 6 heteroatoms. The fourth-order valence-electron chi connectivity index (χ4n) is 1.13. The first kappa shape index (κ1) is 11.5. The highest BCUT2D eigenvalue weighted by atomic mass is 79.9. The van der Waals surface area contributed by atoms with Gasteiger partial charge in [-0.05, 0) is 34.1 Å². The molecule has 2 rings (SSSR count). The van der Waals surface area contributed by atoms with Gasteiger partial charge in [-0.2, -0.15) is 5.26 Å². The van der Waals surface area contributed by atoms with Gasteiger partial charge < -0.3 is 4.74 Å². The van der Waals surface area contributed by atoms with Crippen molar-refractivity contribution in [3.63, 3.8) is 0 Å². The molecule has 0 spiro atoms. The van der Waals surface area contributed by atoms with Gasteiger partial charge in [0, 0.05) is 12.4 Å². The smallest absolute Gasteiger partial charge is 0.256 e. The third-order valence-corrected chi connectivity index (χ3v) is 2.48. The molecule has 2 aromatic rings. The summed E-state index contributed by atoms with van der Waals surface area (Å²) in [5.74, 6) is 0.0702. The minimum atomic E-state index is -0.392. The first-order valence-electron chi connectivity index (χ1n) is 4.54. The van der Waals surface area contributed by atoms with E-state index in [1.54, 1.807) is 0 Å². The van der Waals surface area contributed by atoms with E-state index in [1.807, 2.05) is 6.07 Å². The molecule has 0 unspecified atom stereocenters. The van der Waals surface area contributed by atoms with Gasteiger partial charge in [0.05, 0.1) is 4.47 Å². The van der Waals surface area contributed by atoms with Crippen LogP contribution in [0.5, 0.6) is 11.6 Å². The van der Waals surface area contributed by atoms with Crippen LogP contribution in [0.3, 0.4) is 0 Å². The summed E-state index contributed by atoms with van der Waals surface area (Å²) in [7, 11) is 0. The fraction of sp³-hybridized carbons (Fsp3) is 0. The Bertz CT molecular complexity index is 598. The second kappa shape index (κ2) is 4.89. The van der Waals surface area contributed by atoms with Gasteiger partial charge >= 0.3 is 0 Å². The van der Waals surface area contributed by atoms with Crippen LogP contribution in [-0.4, -0.2) is 9.97 Å². The van der Waals surface area contributed by atoms with E-state index in [-0.39, 0.29) is 16.0 Å². The first-order chi connectivity index (χ1) is 8.20. The normalized spacial score (nSPS) is 9.71. The van der Waals surface area contributed by atoms with E-state index in [9.17, 15) is 4.39 Å². The van der Waals surface area contributed by atoms with Crippen molar-refractivity contribution in [2.45, 2.75) is 0 Å². The lowest BCUT2D eigenvalue weighted by atomic mass is 10.3. The molecule has 17 heavy (non-hydrogen) atoms. The van der Waals surface area contributed by atoms with Crippen LogP contribution in [0, 0.1) is 17.1 Å². The zero-order valence-corrected chi connectivity index (χ0v) is 9.98. The predicted molar refractivity (Wildman–Crippen MR) is 60.9 cm³/mol. The second-order valence-corrected chi connectivity index (χ2v) is 3.85. The van der Waals surface area contributed by atoms with Gasteiger partial charge in [-0.25, -0.2) is 14.4 Å². The first-order valence-corrected chi connectivity index (χ1v) is 5.34. The lowest BCUT2D eigenvalue weighted by Gasteiger charge is -2.05. The van der Waals surface area contributed by atoms with Gasteiger partial charge in [0.25, 0.3) is 5.88 Å². The Morgan fingerprint density at radius 2 is 2.06 bits per heavy atom. The molecular formula is C11H5BrFN3O. The molecule has 84 valence electrons. The van der Waals surface area contributed by atoms with Crippen LogP contribution < -0.4 is 4.74 Å². The SMILES string of the molecule is N#Cc1nccnc1Oc1ccc(F)c(Br)c1. The summed E-state index contributed by atoms with van der Waals surface area (Å²) in [6.45, 7) is 0. The number of nitrogens with zero attached hydrogens (tertiary/aromatic N) is 3. The monoisotopic (exact) mass is 293 g/mol. The van der Waals surface area contributed by atoms with E-state index in [0.29, 0.717) is 5.75 Å². The number of rotatable bonds is 2. The van der Waals surface area contributed by atoms with E-state index in [4.69, 9.17) is 10.00 Å². The molecule has 1 heterocycles. The summed E-state index contributed by atoms with van der Waals surface area (Å²) in [5.41, 5.74) is 0.0768. The summed E-state index contributed by atoms with van der Waals surface area (Å²) in [4.78, 5) is 7.68. The highest BCUT2D eigenvalue weighted by molar-refractivity contribution is 9.10. The van der Waals surface area contributed by atoms with E-state index >= 15 is 0 Å². The number of benzene rings is 1. The van der Waals surface area contributed by atoms with Crippen LogP contribution >= 0.6 is 15.9 Å². The van der Waals surface area contributed by atoms with Crippen molar-refractivity contribution >= 4 is 15.9 Å². The molecule has 0 aliphatic rings. The molecule has 0 saturated carbocycles. The van der Waals surface area contributed by atoms with Crippen molar-refractivity contribution < 1.29 is 9.13 Å².